The summed E-state index contributed by atoms with van der Waals surface area (Å²) in [6, 6.07) is 3.90. The van der Waals surface area contributed by atoms with Crippen LogP contribution in [0.4, 0.5) is 0 Å². The molecule has 2 rings (SSSR count). The minimum atomic E-state index is -0.574. The highest BCUT2D eigenvalue weighted by Gasteiger charge is 2.12. The molecule has 0 atom stereocenters. The molecule has 7 heteroatoms. The van der Waals surface area contributed by atoms with Crippen molar-refractivity contribution in [1.29, 1.82) is 0 Å². The topological polar surface area (TPSA) is 75.1 Å². The fraction of sp³-hybridized carbons (Fsp3) is 0.333. The molecule has 2 aromatic heterocycles. The van der Waals surface area contributed by atoms with E-state index in [0.717, 1.165) is 8.66 Å². The van der Waals surface area contributed by atoms with Gasteiger partial charge in [-0.2, -0.15) is 0 Å². The SMILES string of the molecule is CCc1c(O)n(CCc2ccc(Br)s2)c(=O)[nH]c1=O. The smallest absolute Gasteiger partial charge is 0.331 e. The summed E-state index contributed by atoms with van der Waals surface area (Å²) in [5.41, 5.74) is -0.845. The van der Waals surface area contributed by atoms with Crippen molar-refractivity contribution in [2.45, 2.75) is 26.3 Å². The molecule has 0 amide bonds. The summed E-state index contributed by atoms with van der Waals surface area (Å²) in [7, 11) is 0. The minimum absolute atomic E-state index is 0.230. The van der Waals surface area contributed by atoms with E-state index in [1.807, 2.05) is 12.1 Å². The molecule has 0 saturated heterocycles. The Hall–Kier alpha value is -1.34. The first-order valence-corrected chi connectivity index (χ1v) is 7.43. The molecule has 19 heavy (non-hydrogen) atoms. The zero-order valence-corrected chi connectivity index (χ0v) is 12.7. The summed E-state index contributed by atoms with van der Waals surface area (Å²) in [4.78, 5) is 26.5. The van der Waals surface area contributed by atoms with Crippen molar-refractivity contribution in [2.75, 3.05) is 0 Å². The number of aryl methyl sites for hydroxylation is 1. The first-order valence-electron chi connectivity index (χ1n) is 5.82. The number of hydrogen-bond donors (Lipinski definition) is 2. The molecule has 2 heterocycles. The van der Waals surface area contributed by atoms with Crippen LogP contribution >= 0.6 is 27.3 Å². The predicted molar refractivity (Wildman–Crippen MR) is 78.1 cm³/mol. The fourth-order valence-corrected chi connectivity index (χ4v) is 3.31. The van der Waals surface area contributed by atoms with Gasteiger partial charge in [-0.3, -0.25) is 14.3 Å². The van der Waals surface area contributed by atoms with Crippen LogP contribution in [-0.2, 0) is 19.4 Å². The lowest BCUT2D eigenvalue weighted by molar-refractivity contribution is 0.393. The van der Waals surface area contributed by atoms with Crippen LogP contribution in [-0.4, -0.2) is 14.7 Å². The van der Waals surface area contributed by atoms with Crippen LogP contribution in [0.25, 0.3) is 0 Å². The number of hydrogen-bond acceptors (Lipinski definition) is 4. The Bertz CT molecular complexity index is 702. The van der Waals surface area contributed by atoms with Crippen molar-refractivity contribution < 1.29 is 5.11 Å². The first kappa shape index (κ1) is 14.1. The molecule has 0 aliphatic heterocycles. The Labute approximate surface area is 121 Å². The van der Waals surface area contributed by atoms with E-state index in [2.05, 4.69) is 20.9 Å². The van der Waals surface area contributed by atoms with Crippen molar-refractivity contribution in [3.63, 3.8) is 0 Å². The monoisotopic (exact) mass is 344 g/mol. The van der Waals surface area contributed by atoms with E-state index in [9.17, 15) is 14.7 Å². The lowest BCUT2D eigenvalue weighted by atomic mass is 10.2. The highest BCUT2D eigenvalue weighted by Crippen LogP contribution is 2.23. The standard InChI is InChI=1S/C12H13BrN2O3S/c1-2-8-10(16)14-12(18)15(11(8)17)6-5-7-3-4-9(13)19-7/h3-4,17H,2,5-6H2,1H3,(H,14,16,18). The van der Waals surface area contributed by atoms with Crippen molar-refractivity contribution in [1.82, 2.24) is 9.55 Å². The summed E-state index contributed by atoms with van der Waals surface area (Å²) in [6.07, 6.45) is 1.00. The van der Waals surface area contributed by atoms with Crippen LogP contribution in [0.1, 0.15) is 17.4 Å². The average Bonchev–Trinajstić information content (AvgIpc) is 2.75. The Morgan fingerprint density at radius 2 is 2.16 bits per heavy atom. The van der Waals surface area contributed by atoms with Crippen LogP contribution in [0.3, 0.4) is 0 Å². The molecule has 0 spiro atoms. The van der Waals surface area contributed by atoms with E-state index in [4.69, 9.17) is 0 Å². The van der Waals surface area contributed by atoms with Crippen LogP contribution in [0.2, 0.25) is 0 Å². The predicted octanol–water partition coefficient (Wildman–Crippen LogP) is 1.87. The van der Waals surface area contributed by atoms with E-state index in [1.165, 1.54) is 4.57 Å². The van der Waals surface area contributed by atoms with E-state index in [-0.39, 0.29) is 11.4 Å². The van der Waals surface area contributed by atoms with Gasteiger partial charge in [0, 0.05) is 17.8 Å². The Balaban J connectivity index is 2.30. The van der Waals surface area contributed by atoms with Gasteiger partial charge in [-0.15, -0.1) is 11.3 Å². The summed E-state index contributed by atoms with van der Waals surface area (Å²) >= 11 is 4.95. The highest BCUT2D eigenvalue weighted by molar-refractivity contribution is 9.11. The number of thiophene rings is 1. The summed E-state index contributed by atoms with van der Waals surface area (Å²) in [5.74, 6) is -0.230. The van der Waals surface area contributed by atoms with Crippen molar-refractivity contribution in [3.05, 3.63) is 47.2 Å². The number of aromatic amines is 1. The number of nitrogens with one attached hydrogen (secondary N) is 1. The van der Waals surface area contributed by atoms with Crippen molar-refractivity contribution >= 4 is 27.3 Å². The quantitative estimate of drug-likeness (QED) is 0.888. The van der Waals surface area contributed by atoms with E-state index in [1.54, 1.807) is 18.3 Å². The molecule has 0 aliphatic carbocycles. The van der Waals surface area contributed by atoms with Gasteiger partial charge in [0.2, 0.25) is 5.88 Å². The van der Waals surface area contributed by atoms with Crippen LogP contribution in [0.15, 0.2) is 25.5 Å². The second kappa shape index (κ2) is 5.75. The number of nitrogens with zero attached hydrogens (tertiary/aromatic N) is 1. The van der Waals surface area contributed by atoms with Gasteiger partial charge in [0.15, 0.2) is 0 Å². The van der Waals surface area contributed by atoms with E-state index >= 15 is 0 Å². The summed E-state index contributed by atoms with van der Waals surface area (Å²) < 4.78 is 2.23. The van der Waals surface area contributed by atoms with Gasteiger partial charge in [0.25, 0.3) is 5.56 Å². The highest BCUT2D eigenvalue weighted by atomic mass is 79.9. The Kier molecular flexibility index (Phi) is 4.26. The van der Waals surface area contributed by atoms with Gasteiger partial charge in [-0.25, -0.2) is 4.79 Å². The van der Waals surface area contributed by atoms with Gasteiger partial charge in [0.1, 0.15) is 0 Å². The molecule has 0 aliphatic rings. The van der Waals surface area contributed by atoms with Crippen LogP contribution in [0, 0.1) is 0 Å². The summed E-state index contributed by atoms with van der Waals surface area (Å²) in [5, 5.41) is 9.97. The molecule has 2 aromatic rings. The second-order valence-electron chi connectivity index (χ2n) is 4.02. The Morgan fingerprint density at radius 1 is 1.42 bits per heavy atom. The zero-order valence-electron chi connectivity index (χ0n) is 10.3. The largest absolute Gasteiger partial charge is 0.494 e. The first-order chi connectivity index (χ1) is 9.02. The van der Waals surface area contributed by atoms with Gasteiger partial charge in [0.05, 0.1) is 9.35 Å². The number of halogens is 1. The van der Waals surface area contributed by atoms with Crippen LogP contribution < -0.4 is 11.2 Å². The third kappa shape index (κ3) is 2.98. The normalized spacial score (nSPS) is 10.8. The minimum Gasteiger partial charge on any atom is -0.494 e. The average molecular weight is 345 g/mol. The number of H-pyrrole nitrogens is 1. The molecule has 0 unspecified atom stereocenters. The van der Waals surface area contributed by atoms with Gasteiger partial charge < -0.3 is 5.11 Å². The number of rotatable bonds is 4. The second-order valence-corrected chi connectivity index (χ2v) is 6.57. The lowest BCUT2D eigenvalue weighted by Crippen LogP contribution is -2.32. The number of aromatic nitrogens is 2. The zero-order chi connectivity index (χ0) is 14.0. The van der Waals surface area contributed by atoms with Crippen LogP contribution in [0.5, 0.6) is 5.88 Å². The maximum atomic E-state index is 11.7. The summed E-state index contributed by atoms with van der Waals surface area (Å²) in [6.45, 7) is 2.09. The number of aromatic hydroxyl groups is 1. The molecular formula is C12H13BrN2O3S. The van der Waals surface area contributed by atoms with Gasteiger partial charge >= 0.3 is 5.69 Å². The maximum absolute atomic E-state index is 11.7. The molecule has 0 fully saturated rings. The third-order valence-corrected chi connectivity index (χ3v) is 4.51. The van der Waals surface area contributed by atoms with E-state index in [0.29, 0.717) is 19.4 Å². The van der Waals surface area contributed by atoms with E-state index < -0.39 is 11.2 Å². The van der Waals surface area contributed by atoms with Gasteiger partial charge in [-0.1, -0.05) is 6.92 Å². The molecule has 102 valence electrons. The fourth-order valence-electron chi connectivity index (χ4n) is 1.83. The molecular weight excluding hydrogens is 332 g/mol. The molecule has 2 N–H and O–H groups in total. The Morgan fingerprint density at radius 3 is 2.74 bits per heavy atom. The van der Waals surface area contributed by atoms with Gasteiger partial charge in [-0.05, 0) is 34.5 Å². The molecule has 5 nitrogen and oxygen atoms in total. The van der Waals surface area contributed by atoms with Crippen molar-refractivity contribution in [3.8, 4) is 5.88 Å². The van der Waals surface area contributed by atoms with Crippen molar-refractivity contribution in [2.24, 2.45) is 0 Å². The lowest BCUT2D eigenvalue weighted by Gasteiger charge is -2.09. The maximum Gasteiger partial charge on any atom is 0.331 e. The molecule has 0 saturated carbocycles. The molecule has 0 bridgehead atoms. The molecule has 0 aromatic carbocycles. The third-order valence-electron chi connectivity index (χ3n) is 2.83. The molecule has 0 radical (unpaired) electrons.